The number of carbonyl (C=O) groups excluding carboxylic acids is 1. The average Bonchev–Trinajstić information content (AvgIpc) is 2.11. The Morgan fingerprint density at radius 2 is 2.06 bits per heavy atom. The normalized spacial score (nSPS) is 20.2. The SMILES string of the molecule is CCC=CC(=O)C1=C(C)C=C(C)CC1(C)C. The van der Waals surface area contributed by atoms with Crippen molar-refractivity contribution in [3.8, 4) is 0 Å². The Hall–Kier alpha value is -1.11. The third kappa shape index (κ3) is 2.72. The lowest BCUT2D eigenvalue weighted by molar-refractivity contribution is -0.112. The van der Waals surface area contributed by atoms with Crippen LogP contribution in [0.1, 0.15) is 47.5 Å². The minimum absolute atomic E-state index is 0.0297. The summed E-state index contributed by atoms with van der Waals surface area (Å²) in [5.41, 5.74) is 3.43. The minimum atomic E-state index is -0.0297. The first-order valence-electron chi connectivity index (χ1n) is 5.98. The van der Waals surface area contributed by atoms with Crippen LogP contribution in [0.5, 0.6) is 0 Å². The molecule has 0 aromatic carbocycles. The molecule has 0 N–H and O–H groups in total. The van der Waals surface area contributed by atoms with Crippen LogP contribution in [0.2, 0.25) is 0 Å². The first-order valence-corrected chi connectivity index (χ1v) is 5.98. The van der Waals surface area contributed by atoms with Gasteiger partial charge in [0.2, 0.25) is 0 Å². The van der Waals surface area contributed by atoms with Crippen molar-refractivity contribution in [2.75, 3.05) is 0 Å². The summed E-state index contributed by atoms with van der Waals surface area (Å²) in [5, 5.41) is 0. The van der Waals surface area contributed by atoms with Gasteiger partial charge in [-0.2, -0.15) is 0 Å². The van der Waals surface area contributed by atoms with Crippen molar-refractivity contribution in [1.82, 2.24) is 0 Å². The molecule has 0 unspecified atom stereocenters. The first-order chi connectivity index (χ1) is 7.38. The van der Waals surface area contributed by atoms with Crippen LogP contribution in [0.4, 0.5) is 0 Å². The largest absolute Gasteiger partial charge is 0.290 e. The monoisotopic (exact) mass is 218 g/mol. The van der Waals surface area contributed by atoms with E-state index in [-0.39, 0.29) is 11.2 Å². The van der Waals surface area contributed by atoms with E-state index in [1.165, 1.54) is 5.57 Å². The van der Waals surface area contributed by atoms with E-state index >= 15 is 0 Å². The molecule has 0 saturated heterocycles. The van der Waals surface area contributed by atoms with Crippen LogP contribution in [0.25, 0.3) is 0 Å². The van der Waals surface area contributed by atoms with Gasteiger partial charge in [0.05, 0.1) is 0 Å². The van der Waals surface area contributed by atoms with Crippen LogP contribution in [0.15, 0.2) is 34.9 Å². The summed E-state index contributed by atoms with van der Waals surface area (Å²) in [6.45, 7) is 10.5. The molecular weight excluding hydrogens is 196 g/mol. The third-order valence-electron chi connectivity index (χ3n) is 3.01. The topological polar surface area (TPSA) is 17.1 Å². The van der Waals surface area contributed by atoms with Crippen molar-refractivity contribution in [2.24, 2.45) is 5.41 Å². The van der Waals surface area contributed by atoms with E-state index in [2.05, 4.69) is 26.8 Å². The van der Waals surface area contributed by atoms with Crippen molar-refractivity contribution < 1.29 is 4.79 Å². The molecule has 1 rings (SSSR count). The fourth-order valence-corrected chi connectivity index (χ4v) is 2.65. The van der Waals surface area contributed by atoms with Crippen LogP contribution in [0.3, 0.4) is 0 Å². The fraction of sp³-hybridized carbons (Fsp3) is 0.533. The maximum atomic E-state index is 12.1. The van der Waals surface area contributed by atoms with Gasteiger partial charge in [0.1, 0.15) is 0 Å². The van der Waals surface area contributed by atoms with Crippen molar-refractivity contribution in [2.45, 2.75) is 47.5 Å². The number of rotatable bonds is 3. The minimum Gasteiger partial charge on any atom is -0.290 e. The predicted octanol–water partition coefficient (Wildman–Crippen LogP) is 4.21. The summed E-state index contributed by atoms with van der Waals surface area (Å²) in [6.07, 6.45) is 7.68. The van der Waals surface area contributed by atoms with E-state index < -0.39 is 0 Å². The Kier molecular flexibility index (Phi) is 3.90. The highest BCUT2D eigenvalue weighted by Gasteiger charge is 2.31. The molecule has 0 fully saturated rings. The van der Waals surface area contributed by atoms with Crippen molar-refractivity contribution >= 4 is 5.78 Å². The molecule has 0 saturated carbocycles. The quantitative estimate of drug-likeness (QED) is 0.648. The molecule has 1 aliphatic rings. The molecule has 0 radical (unpaired) electrons. The first kappa shape index (κ1) is 13.0. The Labute approximate surface area is 98.9 Å². The van der Waals surface area contributed by atoms with Gasteiger partial charge in [0.25, 0.3) is 0 Å². The number of hydrogen-bond donors (Lipinski definition) is 0. The van der Waals surface area contributed by atoms with Gasteiger partial charge < -0.3 is 0 Å². The summed E-state index contributed by atoms with van der Waals surface area (Å²) in [6, 6.07) is 0. The maximum Gasteiger partial charge on any atom is 0.182 e. The second-order valence-corrected chi connectivity index (χ2v) is 5.28. The van der Waals surface area contributed by atoms with Crippen molar-refractivity contribution in [3.63, 3.8) is 0 Å². The van der Waals surface area contributed by atoms with Gasteiger partial charge in [-0.15, -0.1) is 0 Å². The van der Waals surface area contributed by atoms with Crippen LogP contribution < -0.4 is 0 Å². The van der Waals surface area contributed by atoms with Gasteiger partial charge in [-0.25, -0.2) is 0 Å². The highest BCUT2D eigenvalue weighted by atomic mass is 16.1. The predicted molar refractivity (Wildman–Crippen MR) is 69.3 cm³/mol. The van der Waals surface area contributed by atoms with Gasteiger partial charge in [-0.1, -0.05) is 38.5 Å². The van der Waals surface area contributed by atoms with Gasteiger partial charge in [0.15, 0.2) is 5.78 Å². The molecular formula is C15H22O. The van der Waals surface area contributed by atoms with Gasteiger partial charge in [-0.3, -0.25) is 4.79 Å². The summed E-state index contributed by atoms with van der Waals surface area (Å²) in [5.74, 6) is 0.174. The molecule has 16 heavy (non-hydrogen) atoms. The molecule has 1 aliphatic carbocycles. The summed E-state index contributed by atoms with van der Waals surface area (Å²) in [7, 11) is 0. The highest BCUT2D eigenvalue weighted by molar-refractivity contribution is 6.06. The molecule has 0 aliphatic heterocycles. The second-order valence-electron chi connectivity index (χ2n) is 5.28. The Morgan fingerprint density at radius 1 is 1.44 bits per heavy atom. The van der Waals surface area contributed by atoms with Crippen molar-refractivity contribution in [1.29, 1.82) is 0 Å². The molecule has 0 bridgehead atoms. The lowest BCUT2D eigenvalue weighted by atomic mass is 9.71. The smallest absolute Gasteiger partial charge is 0.182 e. The van der Waals surface area contributed by atoms with Crippen molar-refractivity contribution in [3.05, 3.63) is 34.9 Å². The number of ketones is 1. The zero-order valence-electron chi connectivity index (χ0n) is 11.1. The molecule has 88 valence electrons. The highest BCUT2D eigenvalue weighted by Crippen LogP contribution is 2.40. The van der Waals surface area contributed by atoms with Crippen LogP contribution in [-0.2, 0) is 4.79 Å². The van der Waals surface area contributed by atoms with E-state index in [0.29, 0.717) is 0 Å². The average molecular weight is 218 g/mol. The van der Waals surface area contributed by atoms with E-state index in [1.54, 1.807) is 6.08 Å². The van der Waals surface area contributed by atoms with Gasteiger partial charge in [0, 0.05) is 5.57 Å². The second kappa shape index (κ2) is 4.82. The zero-order valence-corrected chi connectivity index (χ0v) is 11.1. The summed E-state index contributed by atoms with van der Waals surface area (Å²) in [4.78, 5) is 12.1. The van der Waals surface area contributed by atoms with E-state index in [9.17, 15) is 4.79 Å². The molecule has 0 aromatic heterocycles. The Morgan fingerprint density at radius 3 is 2.56 bits per heavy atom. The van der Waals surface area contributed by atoms with Crippen LogP contribution >= 0.6 is 0 Å². The lowest BCUT2D eigenvalue weighted by Gasteiger charge is -2.32. The summed E-state index contributed by atoms with van der Waals surface area (Å²) < 4.78 is 0. The number of allylic oxidation sites excluding steroid dienone is 6. The number of carbonyl (C=O) groups is 1. The standard InChI is InChI=1S/C15H22O/c1-6-7-8-13(16)14-12(3)9-11(2)10-15(14,4)5/h7-9H,6,10H2,1-5H3. The molecule has 0 spiro atoms. The molecule has 1 nitrogen and oxygen atoms in total. The third-order valence-corrected chi connectivity index (χ3v) is 3.01. The van der Waals surface area contributed by atoms with E-state index in [0.717, 1.165) is 24.0 Å². The van der Waals surface area contributed by atoms with E-state index in [1.807, 2.05) is 19.9 Å². The molecule has 0 heterocycles. The maximum absolute atomic E-state index is 12.1. The number of hydrogen-bond acceptors (Lipinski definition) is 1. The molecule has 0 amide bonds. The molecule has 0 aromatic rings. The molecule has 0 atom stereocenters. The van der Waals surface area contributed by atoms with Crippen LogP contribution in [0, 0.1) is 5.41 Å². The Bertz CT molecular complexity index is 378. The Balaban J connectivity index is 3.12. The zero-order chi connectivity index (χ0) is 12.3. The molecule has 1 heteroatoms. The van der Waals surface area contributed by atoms with Gasteiger partial charge >= 0.3 is 0 Å². The van der Waals surface area contributed by atoms with E-state index in [4.69, 9.17) is 0 Å². The van der Waals surface area contributed by atoms with Gasteiger partial charge in [-0.05, 0) is 43.8 Å². The lowest BCUT2D eigenvalue weighted by Crippen LogP contribution is -2.24. The fourth-order valence-electron chi connectivity index (χ4n) is 2.65. The summed E-state index contributed by atoms with van der Waals surface area (Å²) >= 11 is 0. The van der Waals surface area contributed by atoms with Crippen LogP contribution in [-0.4, -0.2) is 5.78 Å².